The molecule has 0 bridgehead atoms. The van der Waals surface area contributed by atoms with E-state index in [4.69, 9.17) is 9.97 Å². The van der Waals surface area contributed by atoms with E-state index in [1.807, 2.05) is 18.5 Å². The Morgan fingerprint density at radius 1 is 0.368 bits per heavy atom. The molecule has 57 heavy (non-hydrogen) atoms. The predicted octanol–water partition coefficient (Wildman–Crippen LogP) is 9.72. The van der Waals surface area contributed by atoms with Crippen molar-refractivity contribution < 1.29 is 0 Å². The molecule has 11 rings (SSSR count). The number of benzene rings is 7. The van der Waals surface area contributed by atoms with Crippen LogP contribution in [0.5, 0.6) is 0 Å². The van der Waals surface area contributed by atoms with Crippen LogP contribution >= 0.6 is 0 Å². The van der Waals surface area contributed by atoms with Gasteiger partial charge in [-0.1, -0.05) is 146 Å². The minimum absolute atomic E-state index is 0.942. The van der Waals surface area contributed by atoms with Crippen molar-refractivity contribution in [2.75, 3.05) is 0 Å². The molecule has 0 aliphatic carbocycles. The molecule has 4 heterocycles. The molecule has 0 fully saturated rings. The van der Waals surface area contributed by atoms with Gasteiger partial charge >= 0.3 is 0 Å². The first-order valence-electron chi connectivity index (χ1n) is 19.4. The second-order valence-electron chi connectivity index (χ2n) is 14.6. The quantitative estimate of drug-likeness (QED) is 0.120. The Balaban J connectivity index is 1.25. The van der Waals surface area contributed by atoms with Crippen LogP contribution in [0.3, 0.4) is 0 Å². The van der Waals surface area contributed by atoms with Crippen molar-refractivity contribution in [1.82, 2.24) is 19.1 Å². The number of pyridine rings is 2. The highest BCUT2D eigenvalue weighted by Crippen LogP contribution is 2.41. The Hall–Kier alpha value is -7.34. The number of nitrogens with zero attached hydrogens (tertiary/aromatic N) is 4. The maximum Gasteiger partial charge on any atom is 0.179 e. The fraction of sp³-hybridized carbons (Fsp3) is 0. The first-order valence-corrected chi connectivity index (χ1v) is 21.4. The lowest BCUT2D eigenvalue weighted by atomic mass is 10.1. The summed E-state index contributed by atoms with van der Waals surface area (Å²) in [6.45, 7) is 0. The van der Waals surface area contributed by atoms with Crippen molar-refractivity contribution in [3.63, 3.8) is 0 Å². The minimum Gasteiger partial charge on any atom is -0.309 e. The van der Waals surface area contributed by atoms with Crippen LogP contribution in [0.15, 0.2) is 219 Å². The molecule has 0 unspecified atom stereocenters. The summed E-state index contributed by atoms with van der Waals surface area (Å²) < 4.78 is 4.81. The van der Waals surface area contributed by atoms with Gasteiger partial charge in [-0.2, -0.15) is 0 Å². The van der Waals surface area contributed by atoms with E-state index >= 15 is 0 Å². The van der Waals surface area contributed by atoms with Gasteiger partial charge in [0.25, 0.3) is 0 Å². The summed E-state index contributed by atoms with van der Waals surface area (Å²) in [6.07, 6.45) is 3.79. The van der Waals surface area contributed by atoms with E-state index < -0.39 is 8.07 Å². The minimum atomic E-state index is -2.95. The van der Waals surface area contributed by atoms with Gasteiger partial charge in [0.2, 0.25) is 0 Å². The van der Waals surface area contributed by atoms with E-state index in [9.17, 15) is 0 Å². The van der Waals surface area contributed by atoms with Crippen LogP contribution in [0.25, 0.3) is 66.4 Å². The summed E-state index contributed by atoms with van der Waals surface area (Å²) in [7, 11) is -2.95. The largest absolute Gasteiger partial charge is 0.309 e. The highest BCUT2D eigenvalue weighted by molar-refractivity contribution is 7.20. The van der Waals surface area contributed by atoms with Crippen molar-refractivity contribution in [2.24, 2.45) is 0 Å². The number of rotatable bonds is 7. The standard InChI is InChI=1S/C52H36N4Si/c1-4-18-38(19-5-1)55-48-30-11-10-27-46(48)50-49(55)32-31-44-45-28-16-34-54-52(45)56(51(44)50)39-20-15-26-43(36-39)57(40-21-6-2-7-22-40,41-23-8-3-9-24-41)42-25-14-17-37(35-42)47-29-12-13-33-53-47/h1-36H. The molecule has 0 spiro atoms. The molecule has 0 saturated carbocycles. The van der Waals surface area contributed by atoms with E-state index in [1.54, 1.807) is 0 Å². The van der Waals surface area contributed by atoms with Crippen molar-refractivity contribution in [3.8, 4) is 22.6 Å². The van der Waals surface area contributed by atoms with E-state index in [0.717, 1.165) is 39.2 Å². The summed E-state index contributed by atoms with van der Waals surface area (Å²) in [6, 6.07) is 75.1. The van der Waals surface area contributed by atoms with Gasteiger partial charge in [-0.3, -0.25) is 9.55 Å². The highest BCUT2D eigenvalue weighted by atomic mass is 28.3. The molecule has 0 radical (unpaired) electrons. The third-order valence-electron chi connectivity index (χ3n) is 11.5. The molecule has 11 aromatic rings. The van der Waals surface area contributed by atoms with Crippen LogP contribution < -0.4 is 20.7 Å². The Kier molecular flexibility index (Phi) is 7.79. The van der Waals surface area contributed by atoms with Crippen molar-refractivity contribution in [3.05, 3.63) is 219 Å². The van der Waals surface area contributed by atoms with Gasteiger partial charge in [0, 0.05) is 50.9 Å². The average molecular weight is 745 g/mol. The molecule has 7 aromatic carbocycles. The van der Waals surface area contributed by atoms with Gasteiger partial charge in [-0.25, -0.2) is 4.98 Å². The van der Waals surface area contributed by atoms with Crippen LogP contribution in [0.2, 0.25) is 0 Å². The third-order valence-corrected chi connectivity index (χ3v) is 16.3. The lowest BCUT2D eigenvalue weighted by Gasteiger charge is -2.35. The van der Waals surface area contributed by atoms with Gasteiger partial charge in [0.15, 0.2) is 8.07 Å². The zero-order chi connectivity index (χ0) is 37.8. The van der Waals surface area contributed by atoms with E-state index in [0.29, 0.717) is 0 Å². The van der Waals surface area contributed by atoms with Crippen LogP contribution in [-0.4, -0.2) is 27.2 Å². The normalized spacial score (nSPS) is 11.9. The average Bonchev–Trinajstić information content (AvgIpc) is 3.81. The summed E-state index contributed by atoms with van der Waals surface area (Å²) in [5.74, 6) is 0. The smallest absolute Gasteiger partial charge is 0.179 e. The van der Waals surface area contributed by atoms with Crippen LogP contribution in [0.4, 0.5) is 0 Å². The Bertz CT molecular complexity index is 3190. The Morgan fingerprint density at radius 3 is 1.74 bits per heavy atom. The molecule has 0 aliphatic rings. The van der Waals surface area contributed by atoms with Gasteiger partial charge in [0.1, 0.15) is 5.65 Å². The molecule has 0 atom stereocenters. The molecule has 0 amide bonds. The lowest BCUT2D eigenvalue weighted by molar-refractivity contribution is 1.14. The van der Waals surface area contributed by atoms with Crippen molar-refractivity contribution in [1.29, 1.82) is 0 Å². The van der Waals surface area contributed by atoms with Crippen LogP contribution in [0.1, 0.15) is 0 Å². The molecule has 0 aliphatic heterocycles. The predicted molar refractivity (Wildman–Crippen MR) is 240 cm³/mol. The first kappa shape index (κ1) is 33.0. The molecular weight excluding hydrogens is 709 g/mol. The number of para-hydroxylation sites is 2. The molecule has 268 valence electrons. The Labute approximate surface area is 331 Å². The van der Waals surface area contributed by atoms with E-state index in [2.05, 4.69) is 209 Å². The van der Waals surface area contributed by atoms with Gasteiger partial charge in [-0.15, -0.1) is 0 Å². The molecule has 4 aromatic heterocycles. The number of aromatic nitrogens is 4. The number of fused-ring (bicyclic) bond motifs is 7. The zero-order valence-corrected chi connectivity index (χ0v) is 32.1. The van der Waals surface area contributed by atoms with Crippen LogP contribution in [0, 0.1) is 0 Å². The summed E-state index contributed by atoms with van der Waals surface area (Å²) in [5, 5.41) is 9.98. The maximum absolute atomic E-state index is 5.12. The van der Waals surface area contributed by atoms with Gasteiger partial charge in [0.05, 0.1) is 22.2 Å². The monoisotopic (exact) mass is 744 g/mol. The third kappa shape index (κ3) is 5.13. The second kappa shape index (κ2) is 13.4. The second-order valence-corrected chi connectivity index (χ2v) is 18.4. The molecule has 0 N–H and O–H groups in total. The first-order chi connectivity index (χ1) is 28.3. The molecule has 0 saturated heterocycles. The van der Waals surface area contributed by atoms with E-state index in [-0.39, 0.29) is 0 Å². The van der Waals surface area contributed by atoms with Gasteiger partial charge < -0.3 is 4.57 Å². The zero-order valence-electron chi connectivity index (χ0n) is 31.1. The molecule has 5 heteroatoms. The summed E-state index contributed by atoms with van der Waals surface area (Å²) in [4.78, 5) is 9.89. The van der Waals surface area contributed by atoms with Crippen molar-refractivity contribution in [2.45, 2.75) is 0 Å². The Morgan fingerprint density at radius 2 is 0.982 bits per heavy atom. The van der Waals surface area contributed by atoms with Crippen molar-refractivity contribution >= 4 is 72.6 Å². The maximum atomic E-state index is 5.12. The summed E-state index contributed by atoms with van der Waals surface area (Å²) >= 11 is 0. The number of hydrogen-bond donors (Lipinski definition) is 0. The fourth-order valence-corrected chi connectivity index (χ4v) is 14.0. The highest BCUT2D eigenvalue weighted by Gasteiger charge is 2.42. The lowest BCUT2D eigenvalue weighted by Crippen LogP contribution is -2.74. The fourth-order valence-electron chi connectivity index (χ4n) is 9.19. The SMILES string of the molecule is c1ccc(-n2c3ccccc3c3c2ccc2c4cccnc4n(-c4cccc([Si](c5ccccc5)(c5ccccc5)c5cccc(-c6ccccn6)c5)c4)c23)cc1. The molecular formula is C52H36N4Si. The van der Waals surface area contributed by atoms with Gasteiger partial charge in [-0.05, 0) is 81.4 Å². The topological polar surface area (TPSA) is 35.6 Å². The van der Waals surface area contributed by atoms with Crippen LogP contribution in [-0.2, 0) is 0 Å². The summed E-state index contributed by atoms with van der Waals surface area (Å²) in [5.41, 5.74) is 8.74. The molecule has 4 nitrogen and oxygen atoms in total. The number of hydrogen-bond acceptors (Lipinski definition) is 2. The van der Waals surface area contributed by atoms with E-state index in [1.165, 1.54) is 47.9 Å².